The van der Waals surface area contributed by atoms with Crippen molar-refractivity contribution in [3.8, 4) is 11.3 Å². The van der Waals surface area contributed by atoms with Crippen molar-refractivity contribution in [2.24, 2.45) is 0 Å². The van der Waals surface area contributed by atoms with Crippen LogP contribution in [-0.2, 0) is 22.3 Å². The van der Waals surface area contributed by atoms with Gasteiger partial charge in [-0.2, -0.15) is 18.3 Å². The zero-order valence-electron chi connectivity index (χ0n) is 17.6. The minimum Gasteiger partial charge on any atom is -0.325 e. The van der Waals surface area contributed by atoms with E-state index in [1.807, 2.05) is 19.9 Å². The molecule has 1 N–H and O–H groups in total. The van der Waals surface area contributed by atoms with Crippen LogP contribution in [0.25, 0.3) is 11.3 Å². The summed E-state index contributed by atoms with van der Waals surface area (Å²) in [5.41, 5.74) is 3.53. The SMILES string of the molecule is Cc1cc2c(c(C)n1)-c1cc(C)nn1CC(=O)N2CC(=O)Nc1ccc(C(F)(F)F)cc1. The highest BCUT2D eigenvalue weighted by Gasteiger charge is 2.31. The van der Waals surface area contributed by atoms with Gasteiger partial charge in [0, 0.05) is 22.6 Å². The van der Waals surface area contributed by atoms with Crippen molar-refractivity contribution in [3.05, 3.63) is 59.0 Å². The van der Waals surface area contributed by atoms with E-state index >= 15 is 0 Å². The topological polar surface area (TPSA) is 80.1 Å². The third-order valence-corrected chi connectivity index (χ3v) is 5.14. The molecule has 3 heterocycles. The lowest BCUT2D eigenvalue weighted by Crippen LogP contribution is -2.39. The molecule has 32 heavy (non-hydrogen) atoms. The Morgan fingerprint density at radius 2 is 1.78 bits per heavy atom. The predicted molar refractivity (Wildman–Crippen MR) is 112 cm³/mol. The Balaban J connectivity index is 1.64. The van der Waals surface area contributed by atoms with Crippen LogP contribution in [0.15, 0.2) is 36.4 Å². The summed E-state index contributed by atoms with van der Waals surface area (Å²) < 4.78 is 39.8. The Bertz CT molecular complexity index is 1220. The highest BCUT2D eigenvalue weighted by Crippen LogP contribution is 2.37. The molecule has 0 bridgehead atoms. The fourth-order valence-electron chi connectivity index (χ4n) is 3.81. The summed E-state index contributed by atoms with van der Waals surface area (Å²) in [6.07, 6.45) is -4.46. The van der Waals surface area contributed by atoms with Gasteiger partial charge in [0.2, 0.25) is 11.8 Å². The molecule has 0 radical (unpaired) electrons. The highest BCUT2D eigenvalue weighted by molar-refractivity contribution is 6.06. The van der Waals surface area contributed by atoms with Crippen molar-refractivity contribution in [1.29, 1.82) is 0 Å². The lowest BCUT2D eigenvalue weighted by atomic mass is 10.1. The number of fused-ring (bicyclic) bond motifs is 3. The number of carbonyl (C=O) groups excluding carboxylic acids is 2. The van der Waals surface area contributed by atoms with Gasteiger partial charge in [0.1, 0.15) is 13.1 Å². The molecule has 1 aliphatic rings. The second-order valence-electron chi connectivity index (χ2n) is 7.67. The number of hydrogen-bond donors (Lipinski definition) is 1. The first kappa shape index (κ1) is 21.5. The first-order valence-electron chi connectivity index (χ1n) is 9.83. The number of nitrogens with one attached hydrogen (secondary N) is 1. The van der Waals surface area contributed by atoms with Crippen LogP contribution in [0.1, 0.15) is 22.6 Å². The van der Waals surface area contributed by atoms with Crippen molar-refractivity contribution in [2.75, 3.05) is 16.8 Å². The van der Waals surface area contributed by atoms with Gasteiger partial charge in [0.05, 0.1) is 22.6 Å². The predicted octanol–water partition coefficient (Wildman–Crippen LogP) is 3.87. The molecule has 0 saturated carbocycles. The monoisotopic (exact) mass is 443 g/mol. The minimum absolute atomic E-state index is 0.0517. The molecule has 3 aromatic rings. The van der Waals surface area contributed by atoms with Gasteiger partial charge < -0.3 is 10.2 Å². The minimum atomic E-state index is -4.46. The molecule has 2 amide bonds. The summed E-state index contributed by atoms with van der Waals surface area (Å²) in [5, 5.41) is 6.94. The number of alkyl halides is 3. The van der Waals surface area contributed by atoms with Gasteiger partial charge >= 0.3 is 6.18 Å². The van der Waals surface area contributed by atoms with Crippen LogP contribution in [0, 0.1) is 20.8 Å². The van der Waals surface area contributed by atoms with E-state index in [-0.39, 0.29) is 24.7 Å². The second-order valence-corrected chi connectivity index (χ2v) is 7.67. The molecule has 1 aromatic carbocycles. The summed E-state index contributed by atoms with van der Waals surface area (Å²) in [6, 6.07) is 7.74. The molecule has 10 heteroatoms. The van der Waals surface area contributed by atoms with Gasteiger partial charge in [-0.05, 0) is 57.2 Å². The Hall–Kier alpha value is -3.69. The van der Waals surface area contributed by atoms with E-state index in [1.54, 1.807) is 17.7 Å². The molecule has 0 saturated heterocycles. The van der Waals surface area contributed by atoms with E-state index in [1.165, 1.54) is 17.0 Å². The van der Waals surface area contributed by atoms with Crippen molar-refractivity contribution in [2.45, 2.75) is 33.5 Å². The number of amides is 2. The van der Waals surface area contributed by atoms with E-state index in [2.05, 4.69) is 15.4 Å². The number of aromatic nitrogens is 3. The molecule has 166 valence electrons. The summed E-state index contributed by atoms with van der Waals surface area (Å²) in [7, 11) is 0. The molecule has 0 unspecified atom stereocenters. The third kappa shape index (κ3) is 4.08. The second kappa shape index (κ2) is 7.77. The summed E-state index contributed by atoms with van der Waals surface area (Å²) in [4.78, 5) is 31.6. The molecule has 0 atom stereocenters. The van der Waals surface area contributed by atoms with Gasteiger partial charge in [-0.3, -0.25) is 19.3 Å². The van der Waals surface area contributed by atoms with Gasteiger partial charge in [0.15, 0.2) is 0 Å². The first-order chi connectivity index (χ1) is 15.0. The quantitative estimate of drug-likeness (QED) is 0.667. The summed E-state index contributed by atoms with van der Waals surface area (Å²) >= 11 is 0. The third-order valence-electron chi connectivity index (χ3n) is 5.14. The van der Waals surface area contributed by atoms with Crippen LogP contribution in [0.3, 0.4) is 0 Å². The van der Waals surface area contributed by atoms with Crippen molar-refractivity contribution in [1.82, 2.24) is 14.8 Å². The zero-order chi connectivity index (χ0) is 23.2. The van der Waals surface area contributed by atoms with Crippen molar-refractivity contribution < 1.29 is 22.8 Å². The molecular weight excluding hydrogens is 423 g/mol. The van der Waals surface area contributed by atoms with Crippen LogP contribution in [-0.4, -0.2) is 33.1 Å². The average molecular weight is 443 g/mol. The number of nitrogens with zero attached hydrogens (tertiary/aromatic N) is 4. The van der Waals surface area contributed by atoms with E-state index in [4.69, 9.17) is 0 Å². The highest BCUT2D eigenvalue weighted by atomic mass is 19.4. The van der Waals surface area contributed by atoms with Crippen LogP contribution in [0.5, 0.6) is 0 Å². The van der Waals surface area contributed by atoms with Gasteiger partial charge in [-0.1, -0.05) is 0 Å². The Morgan fingerprint density at radius 3 is 2.44 bits per heavy atom. The molecule has 0 fully saturated rings. The normalized spacial score (nSPS) is 13.4. The van der Waals surface area contributed by atoms with Crippen LogP contribution in [0.2, 0.25) is 0 Å². The molecule has 2 aromatic heterocycles. The average Bonchev–Trinajstić information content (AvgIpc) is 3.00. The zero-order valence-corrected chi connectivity index (χ0v) is 17.6. The lowest BCUT2D eigenvalue weighted by molar-refractivity contribution is -0.137. The maximum Gasteiger partial charge on any atom is 0.416 e. The van der Waals surface area contributed by atoms with E-state index in [0.29, 0.717) is 22.6 Å². The number of pyridine rings is 1. The Morgan fingerprint density at radius 1 is 1.09 bits per heavy atom. The molecule has 0 aliphatic carbocycles. The molecule has 0 spiro atoms. The van der Waals surface area contributed by atoms with E-state index in [0.717, 1.165) is 23.5 Å². The van der Waals surface area contributed by atoms with Gasteiger partial charge in [-0.15, -0.1) is 0 Å². The number of carbonyl (C=O) groups is 2. The number of hydrogen-bond acceptors (Lipinski definition) is 4. The van der Waals surface area contributed by atoms with E-state index in [9.17, 15) is 22.8 Å². The molecule has 1 aliphatic heterocycles. The van der Waals surface area contributed by atoms with Crippen LogP contribution >= 0.6 is 0 Å². The van der Waals surface area contributed by atoms with E-state index < -0.39 is 17.6 Å². The van der Waals surface area contributed by atoms with Crippen molar-refractivity contribution in [3.63, 3.8) is 0 Å². The fraction of sp³-hybridized carbons (Fsp3) is 0.273. The number of rotatable bonds is 3. The maximum absolute atomic E-state index is 13.1. The summed E-state index contributed by atoms with van der Waals surface area (Å²) in [6.45, 7) is 5.10. The van der Waals surface area contributed by atoms with Gasteiger partial charge in [-0.25, -0.2) is 0 Å². The fourth-order valence-corrected chi connectivity index (χ4v) is 3.81. The molecular formula is C22H20F3N5O2. The number of benzene rings is 1. The largest absolute Gasteiger partial charge is 0.416 e. The standard InChI is InChI=1S/C22H20F3N5O2/c1-12-8-17-21(14(3)26-12)18-9-13(2)28-30(18)11-20(32)29(17)10-19(31)27-16-6-4-15(5-7-16)22(23,24)25/h4-9H,10-11H2,1-3H3,(H,27,31). The first-order valence-corrected chi connectivity index (χ1v) is 9.83. The number of aryl methyl sites for hydroxylation is 3. The molecule has 4 rings (SSSR count). The Labute approximate surface area is 181 Å². The van der Waals surface area contributed by atoms with Gasteiger partial charge in [0.25, 0.3) is 0 Å². The lowest BCUT2D eigenvalue weighted by Gasteiger charge is -2.23. The number of halogens is 3. The summed E-state index contributed by atoms with van der Waals surface area (Å²) in [5.74, 6) is -0.868. The number of anilines is 2. The Kier molecular flexibility index (Phi) is 5.23. The van der Waals surface area contributed by atoms with Crippen LogP contribution < -0.4 is 10.2 Å². The molecule has 7 nitrogen and oxygen atoms in total. The van der Waals surface area contributed by atoms with Crippen LogP contribution in [0.4, 0.5) is 24.5 Å². The van der Waals surface area contributed by atoms with Crippen molar-refractivity contribution >= 4 is 23.2 Å². The maximum atomic E-state index is 13.1. The smallest absolute Gasteiger partial charge is 0.325 e.